The van der Waals surface area contributed by atoms with Gasteiger partial charge in [-0.05, 0) is 41.8 Å². The van der Waals surface area contributed by atoms with E-state index in [4.69, 9.17) is 21.3 Å². The standard InChI is InChI=1S/4C19H34NSi.Ti/c4*1-17(2)18(3,20-16-12-8-9-13-16)14-10-7-11-15-19(17,4)21(5)6;/h4*8-9,12-13,16,21H,7,10-11,14-15H2,1-6H3;/q4*-1;+4. The van der Waals surface area contributed by atoms with Crippen LogP contribution in [0.4, 0.5) is 0 Å². The quantitative estimate of drug-likeness (QED) is 0.175. The topological polar surface area (TPSA) is 56.4 Å². The molecule has 85 heavy (non-hydrogen) atoms. The van der Waals surface area contributed by atoms with Crippen molar-refractivity contribution in [2.75, 3.05) is 0 Å². The second-order valence-electron chi connectivity index (χ2n) is 33.7. The molecule has 4 nitrogen and oxygen atoms in total. The van der Waals surface area contributed by atoms with Gasteiger partial charge in [0, 0.05) is 35.2 Å². The largest absolute Gasteiger partial charge is 4.00 e. The van der Waals surface area contributed by atoms with Crippen LogP contribution in [0.2, 0.25) is 72.5 Å². The van der Waals surface area contributed by atoms with Gasteiger partial charge in [-0.15, -0.1) is 22.2 Å². The first-order chi connectivity index (χ1) is 38.9. The van der Waals surface area contributed by atoms with Crippen LogP contribution in [0.25, 0.3) is 21.3 Å². The molecule has 8 unspecified atom stereocenters. The molecule has 0 saturated heterocycles. The Kier molecular flexibility index (Phi) is 27.9. The molecule has 0 spiro atoms. The summed E-state index contributed by atoms with van der Waals surface area (Å²) in [5.74, 6) is 0. The van der Waals surface area contributed by atoms with Crippen molar-refractivity contribution < 1.29 is 21.7 Å². The molecule has 0 aromatic carbocycles. The Hall–Kier alpha value is -0.658. The molecule has 0 N–H and O–H groups in total. The number of allylic oxidation sites excluding steroid dienone is 8. The Morgan fingerprint density at radius 1 is 0.235 bits per heavy atom. The SMILES string of the molecule is C[SiH](C)C1(C)CCCCCC(C)([N-]C2C=CC=C2)C1(C)C.C[SiH](C)C1(C)CCCCCC(C)([N-]C2C=CC=C2)C1(C)C.C[SiH](C)C1(C)CCCCCC(C)([N-]C2C=CC=C2)C1(C)C.C[SiH](C)C1(C)CCCCCC(C)([N-]C2C=CC=C2)C1(C)C.[Ti+4]. The van der Waals surface area contributed by atoms with Gasteiger partial charge in [0.15, 0.2) is 0 Å². The molecule has 8 aliphatic rings. The van der Waals surface area contributed by atoms with Crippen LogP contribution in [0.3, 0.4) is 0 Å². The number of hydrogen-bond donors (Lipinski definition) is 0. The van der Waals surface area contributed by atoms with E-state index in [1.54, 1.807) is 0 Å². The summed E-state index contributed by atoms with van der Waals surface area (Å²) in [5.41, 5.74) is 1.42. The van der Waals surface area contributed by atoms with Gasteiger partial charge in [-0.2, -0.15) is 0 Å². The third-order valence-electron chi connectivity index (χ3n) is 28.3. The van der Waals surface area contributed by atoms with Gasteiger partial charge in [-0.1, -0.05) is 413 Å². The molecule has 8 atom stereocenters. The van der Waals surface area contributed by atoms with Gasteiger partial charge >= 0.3 is 21.7 Å². The summed E-state index contributed by atoms with van der Waals surface area (Å²) < 4.78 is 0. The first-order valence-electron chi connectivity index (χ1n) is 35.2. The summed E-state index contributed by atoms with van der Waals surface area (Å²) in [4.78, 5) is 0. The summed E-state index contributed by atoms with van der Waals surface area (Å²) in [7, 11) is -3.07. The van der Waals surface area contributed by atoms with E-state index in [0.29, 0.717) is 44.3 Å². The van der Waals surface area contributed by atoms with Crippen LogP contribution in [0.15, 0.2) is 97.2 Å². The predicted molar refractivity (Wildman–Crippen MR) is 392 cm³/mol. The van der Waals surface area contributed by atoms with Gasteiger partial charge in [-0.3, -0.25) is 0 Å². The number of rotatable bonds is 12. The molecule has 4 fully saturated rings. The maximum Gasteiger partial charge on any atom is 4.00 e. The van der Waals surface area contributed by atoms with E-state index in [1.807, 2.05) is 0 Å². The molecule has 0 radical (unpaired) electrons. The van der Waals surface area contributed by atoms with Gasteiger partial charge < -0.3 is 21.3 Å². The van der Waals surface area contributed by atoms with E-state index in [-0.39, 0.29) is 65.5 Å². The molecule has 0 amide bonds. The van der Waals surface area contributed by atoms with Crippen molar-refractivity contribution in [3.05, 3.63) is 118 Å². The molecule has 4 saturated carbocycles. The summed E-state index contributed by atoms with van der Waals surface area (Å²) in [6.45, 7) is 60.5. The normalized spacial score (nSPS) is 36.5. The third-order valence-corrected chi connectivity index (χ3v) is 42.5. The van der Waals surface area contributed by atoms with Crippen molar-refractivity contribution in [3.8, 4) is 0 Å². The van der Waals surface area contributed by atoms with Crippen molar-refractivity contribution in [3.63, 3.8) is 0 Å². The van der Waals surface area contributed by atoms with Crippen LogP contribution in [-0.4, -0.2) is 81.5 Å². The minimum Gasteiger partial charge on any atom is -0.647 e. The molecule has 0 bridgehead atoms. The molecule has 9 heteroatoms. The van der Waals surface area contributed by atoms with Crippen molar-refractivity contribution in [1.82, 2.24) is 0 Å². The summed E-state index contributed by atoms with van der Waals surface area (Å²) in [5, 5.41) is 23.3. The first kappa shape index (κ1) is 76.8. The minimum atomic E-state index is -0.766. The smallest absolute Gasteiger partial charge is 0.647 e. The monoisotopic (exact) mass is 1260 g/mol. The molecule has 0 aromatic heterocycles. The number of nitrogens with zero attached hydrogens (tertiary/aromatic N) is 4. The zero-order valence-electron chi connectivity index (χ0n) is 60.3. The fourth-order valence-corrected chi connectivity index (χ4v) is 27.9. The van der Waals surface area contributed by atoms with Crippen LogP contribution in [0.5, 0.6) is 0 Å². The van der Waals surface area contributed by atoms with Gasteiger partial charge in [0.25, 0.3) is 0 Å². The van der Waals surface area contributed by atoms with E-state index in [1.165, 1.54) is 128 Å². The first-order valence-corrected chi connectivity index (χ1v) is 46.7. The van der Waals surface area contributed by atoms with Crippen molar-refractivity contribution >= 4 is 35.2 Å². The Morgan fingerprint density at radius 3 is 0.518 bits per heavy atom. The van der Waals surface area contributed by atoms with E-state index >= 15 is 0 Å². The molecule has 0 aromatic rings. The van der Waals surface area contributed by atoms with Gasteiger partial charge in [0.2, 0.25) is 0 Å². The Bertz CT molecular complexity index is 1970. The van der Waals surface area contributed by atoms with Crippen molar-refractivity contribution in [2.24, 2.45) is 21.7 Å². The Balaban J connectivity index is 0.000000242. The molecule has 8 rings (SSSR count). The fraction of sp³-hybridized carbons (Fsp3) is 0.789. The average molecular weight is 1270 g/mol. The average Bonchev–Trinajstić information content (AvgIpc) is 1.09. The molecular formula is C76H136N4Si4Ti. The molecular weight excluding hydrogens is 1130 g/mol. The van der Waals surface area contributed by atoms with Crippen molar-refractivity contribution in [2.45, 2.75) is 358 Å². The van der Waals surface area contributed by atoms with Crippen LogP contribution in [-0.2, 0) is 21.7 Å². The molecule has 0 aliphatic heterocycles. The minimum absolute atomic E-state index is 0. The summed E-state index contributed by atoms with van der Waals surface area (Å²) in [6, 6.07) is 1.19. The van der Waals surface area contributed by atoms with Crippen molar-refractivity contribution in [1.29, 1.82) is 0 Å². The third kappa shape index (κ3) is 16.4. The maximum atomic E-state index is 5.35. The molecule has 0 heterocycles. The molecule has 480 valence electrons. The van der Waals surface area contributed by atoms with E-state index < -0.39 is 35.2 Å². The second kappa shape index (κ2) is 30.8. The Morgan fingerprint density at radius 2 is 0.376 bits per heavy atom. The summed E-state index contributed by atoms with van der Waals surface area (Å²) >= 11 is 0. The number of hydrogen-bond acceptors (Lipinski definition) is 0. The maximum absolute atomic E-state index is 5.35. The van der Waals surface area contributed by atoms with Gasteiger partial charge in [-0.25, -0.2) is 0 Å². The van der Waals surface area contributed by atoms with E-state index in [9.17, 15) is 0 Å². The van der Waals surface area contributed by atoms with Gasteiger partial charge in [0.1, 0.15) is 0 Å². The predicted octanol–water partition coefficient (Wildman–Crippen LogP) is 23.4. The zero-order chi connectivity index (χ0) is 62.9. The van der Waals surface area contributed by atoms with Gasteiger partial charge in [0.05, 0.1) is 0 Å². The van der Waals surface area contributed by atoms with Crippen LogP contribution in [0.1, 0.15) is 239 Å². The van der Waals surface area contributed by atoms with E-state index in [2.05, 4.69) is 260 Å². The second-order valence-corrected chi connectivity index (χ2v) is 48.0. The van der Waals surface area contributed by atoms with Crippen LogP contribution < -0.4 is 0 Å². The van der Waals surface area contributed by atoms with Crippen LogP contribution >= 0.6 is 0 Å². The zero-order valence-corrected chi connectivity index (χ0v) is 66.5. The van der Waals surface area contributed by atoms with Crippen LogP contribution in [0, 0.1) is 21.7 Å². The summed E-state index contributed by atoms with van der Waals surface area (Å²) in [6.07, 6.45) is 62.1. The molecule has 8 aliphatic carbocycles. The Labute approximate surface area is 551 Å². The fourth-order valence-electron chi connectivity index (χ4n) is 17.8. The van der Waals surface area contributed by atoms with E-state index in [0.717, 1.165) is 0 Å².